The second-order valence-electron chi connectivity index (χ2n) is 8.59. The summed E-state index contributed by atoms with van der Waals surface area (Å²) >= 11 is 0. The number of carbonyl (C=O) groups excluding carboxylic acids is 1. The zero-order valence-electron chi connectivity index (χ0n) is 20.9. The highest BCUT2D eigenvalue weighted by atomic mass is 19.1. The topological polar surface area (TPSA) is 118 Å². The second-order valence-corrected chi connectivity index (χ2v) is 8.59. The van der Waals surface area contributed by atoms with E-state index in [4.69, 9.17) is 10.1 Å². The minimum Gasteiger partial charge on any atom is -0.452 e. The maximum atomic E-state index is 15.2. The summed E-state index contributed by atoms with van der Waals surface area (Å²) in [5, 5.41) is 13.3. The molecule has 0 radical (unpaired) electrons. The lowest BCUT2D eigenvalue weighted by Crippen LogP contribution is -2.14. The van der Waals surface area contributed by atoms with Crippen LogP contribution in [-0.4, -0.2) is 31.6 Å². The van der Waals surface area contributed by atoms with E-state index in [0.717, 1.165) is 0 Å². The summed E-state index contributed by atoms with van der Waals surface area (Å²) in [5.41, 5.74) is 3.22. The average molecular weight is 522 g/mol. The number of amides is 1. The summed E-state index contributed by atoms with van der Waals surface area (Å²) in [6.45, 7) is 0. The molecule has 10 heteroatoms. The Morgan fingerprint density at radius 3 is 2.62 bits per heavy atom. The van der Waals surface area contributed by atoms with Gasteiger partial charge in [-0.1, -0.05) is 18.2 Å². The first-order valence-corrected chi connectivity index (χ1v) is 12.0. The van der Waals surface area contributed by atoms with Gasteiger partial charge in [0.2, 0.25) is 0 Å². The van der Waals surface area contributed by atoms with Gasteiger partial charge >= 0.3 is 0 Å². The SMILES string of the molecule is Cn1cnc(-c2cnc(CC=N)c(Oc3ccc(Nc4ncccc4C(=O)Nc4ccccc4)cc3F)c2)c1. The minimum absolute atomic E-state index is 0.0187. The lowest BCUT2D eigenvalue weighted by atomic mass is 10.1. The molecule has 0 saturated heterocycles. The van der Waals surface area contributed by atoms with Crippen LogP contribution >= 0.6 is 0 Å². The van der Waals surface area contributed by atoms with Crippen molar-refractivity contribution in [2.24, 2.45) is 7.05 Å². The summed E-state index contributed by atoms with van der Waals surface area (Å²) < 4.78 is 22.9. The Morgan fingerprint density at radius 1 is 1.03 bits per heavy atom. The molecule has 0 aliphatic carbocycles. The summed E-state index contributed by atoms with van der Waals surface area (Å²) in [4.78, 5) is 25.8. The summed E-state index contributed by atoms with van der Waals surface area (Å²) in [6.07, 6.45) is 8.14. The predicted octanol–water partition coefficient (Wildman–Crippen LogP) is 6.00. The molecule has 2 aromatic carbocycles. The number of pyridine rings is 2. The van der Waals surface area contributed by atoms with Gasteiger partial charge in [0.15, 0.2) is 11.6 Å². The van der Waals surface area contributed by atoms with Crippen molar-refractivity contribution in [3.8, 4) is 22.8 Å². The van der Waals surface area contributed by atoms with Gasteiger partial charge in [-0.3, -0.25) is 9.78 Å². The van der Waals surface area contributed by atoms with Crippen LogP contribution < -0.4 is 15.4 Å². The molecular formula is C29H24FN7O2. The number of ether oxygens (including phenoxy) is 1. The van der Waals surface area contributed by atoms with Crippen molar-refractivity contribution in [2.45, 2.75) is 6.42 Å². The molecule has 0 aliphatic rings. The lowest BCUT2D eigenvalue weighted by Gasteiger charge is -2.14. The number of anilines is 3. The fourth-order valence-corrected chi connectivity index (χ4v) is 3.84. The Kier molecular flexibility index (Phi) is 7.35. The van der Waals surface area contributed by atoms with Crippen LogP contribution in [0.4, 0.5) is 21.6 Å². The van der Waals surface area contributed by atoms with Crippen molar-refractivity contribution in [1.82, 2.24) is 19.5 Å². The van der Waals surface area contributed by atoms with Gasteiger partial charge in [-0.2, -0.15) is 0 Å². The first kappa shape index (κ1) is 25.3. The number of para-hydroxylation sites is 1. The van der Waals surface area contributed by atoms with Gasteiger partial charge in [0, 0.05) is 61.3 Å². The van der Waals surface area contributed by atoms with E-state index < -0.39 is 5.82 Å². The van der Waals surface area contributed by atoms with Crippen LogP contribution in [0.3, 0.4) is 0 Å². The molecule has 3 N–H and O–H groups in total. The van der Waals surface area contributed by atoms with Gasteiger partial charge in [-0.15, -0.1) is 0 Å². The smallest absolute Gasteiger partial charge is 0.259 e. The van der Waals surface area contributed by atoms with Crippen molar-refractivity contribution < 1.29 is 13.9 Å². The maximum absolute atomic E-state index is 15.2. The van der Waals surface area contributed by atoms with Crippen LogP contribution in [0.5, 0.6) is 11.5 Å². The van der Waals surface area contributed by atoms with Gasteiger partial charge in [0.05, 0.1) is 23.3 Å². The Bertz CT molecular complexity index is 1640. The lowest BCUT2D eigenvalue weighted by molar-refractivity contribution is 0.102. The molecule has 0 saturated carbocycles. The van der Waals surface area contributed by atoms with Gasteiger partial charge in [0.1, 0.15) is 11.6 Å². The van der Waals surface area contributed by atoms with Crippen molar-refractivity contribution in [3.05, 3.63) is 109 Å². The molecule has 0 spiro atoms. The summed E-state index contributed by atoms with van der Waals surface area (Å²) in [5.74, 6) is -0.397. The molecule has 0 atom stereocenters. The number of imidazole rings is 1. The van der Waals surface area contributed by atoms with Crippen molar-refractivity contribution in [1.29, 1.82) is 5.41 Å². The molecule has 0 bridgehead atoms. The third kappa shape index (κ3) is 5.96. The van der Waals surface area contributed by atoms with E-state index in [1.165, 1.54) is 18.3 Å². The molecule has 1 amide bonds. The van der Waals surface area contributed by atoms with E-state index in [2.05, 4.69) is 25.6 Å². The van der Waals surface area contributed by atoms with Crippen LogP contribution in [0, 0.1) is 11.2 Å². The number of hydrogen-bond donors (Lipinski definition) is 3. The van der Waals surface area contributed by atoms with Gasteiger partial charge in [0.25, 0.3) is 5.91 Å². The van der Waals surface area contributed by atoms with E-state index in [1.54, 1.807) is 55.1 Å². The fourth-order valence-electron chi connectivity index (χ4n) is 3.84. The predicted molar refractivity (Wildman–Crippen MR) is 147 cm³/mol. The van der Waals surface area contributed by atoms with Crippen LogP contribution in [0.2, 0.25) is 0 Å². The number of aromatic nitrogens is 4. The number of rotatable bonds is 9. The number of nitrogens with zero attached hydrogens (tertiary/aromatic N) is 4. The van der Waals surface area contributed by atoms with Crippen LogP contribution in [0.1, 0.15) is 16.1 Å². The largest absolute Gasteiger partial charge is 0.452 e. The molecule has 194 valence electrons. The number of aryl methyl sites for hydroxylation is 1. The number of halogens is 1. The van der Waals surface area contributed by atoms with Crippen molar-refractivity contribution in [3.63, 3.8) is 0 Å². The highest BCUT2D eigenvalue weighted by Gasteiger charge is 2.16. The average Bonchev–Trinajstić information content (AvgIpc) is 3.38. The first-order valence-electron chi connectivity index (χ1n) is 12.0. The zero-order valence-corrected chi connectivity index (χ0v) is 20.9. The monoisotopic (exact) mass is 521 g/mol. The Labute approximate surface area is 223 Å². The quantitative estimate of drug-likeness (QED) is 0.205. The second kappa shape index (κ2) is 11.3. The Balaban J connectivity index is 1.37. The van der Waals surface area contributed by atoms with Gasteiger partial charge in [-0.05, 0) is 42.5 Å². The van der Waals surface area contributed by atoms with E-state index >= 15 is 4.39 Å². The Hall–Kier alpha value is -5.38. The molecular weight excluding hydrogens is 497 g/mol. The van der Waals surface area contributed by atoms with E-state index in [-0.39, 0.29) is 23.9 Å². The number of nitrogens with one attached hydrogen (secondary N) is 3. The molecule has 39 heavy (non-hydrogen) atoms. The van der Waals surface area contributed by atoms with Crippen molar-refractivity contribution in [2.75, 3.05) is 10.6 Å². The normalized spacial score (nSPS) is 10.6. The van der Waals surface area contributed by atoms with Crippen LogP contribution in [0.25, 0.3) is 11.3 Å². The number of benzene rings is 2. The maximum Gasteiger partial charge on any atom is 0.259 e. The van der Waals surface area contributed by atoms with E-state index in [9.17, 15) is 4.79 Å². The molecule has 9 nitrogen and oxygen atoms in total. The first-order chi connectivity index (χ1) is 19.0. The molecule has 3 aromatic heterocycles. The van der Waals surface area contributed by atoms with Gasteiger partial charge < -0.3 is 25.3 Å². The molecule has 0 fully saturated rings. The molecule has 5 aromatic rings. The summed E-state index contributed by atoms with van der Waals surface area (Å²) in [7, 11) is 1.86. The third-order valence-corrected chi connectivity index (χ3v) is 5.73. The van der Waals surface area contributed by atoms with Crippen LogP contribution in [0.15, 0.2) is 91.6 Å². The Morgan fingerprint density at radius 2 is 1.87 bits per heavy atom. The molecule has 3 heterocycles. The van der Waals surface area contributed by atoms with Gasteiger partial charge in [-0.25, -0.2) is 14.4 Å². The van der Waals surface area contributed by atoms with Crippen LogP contribution in [-0.2, 0) is 13.5 Å². The standard InChI is InChI=1S/C29H24FN7O2/c1-37-17-25(34-18-37)19-14-27(24(11-12-31)33-16-19)39-26-10-9-21(15-23(26)30)35-28-22(8-5-13-32-28)29(38)36-20-6-3-2-4-7-20/h2-10,12-18,31H,11H2,1H3,(H,32,35)(H,36,38). The fraction of sp³-hybridized carbons (Fsp3) is 0.0690. The molecule has 5 rings (SSSR count). The molecule has 0 aliphatic heterocycles. The zero-order chi connectivity index (χ0) is 27.2. The summed E-state index contributed by atoms with van der Waals surface area (Å²) in [6, 6.07) is 18.4. The number of hydrogen-bond acceptors (Lipinski definition) is 7. The minimum atomic E-state index is -0.629. The molecule has 0 unspecified atom stereocenters. The van der Waals surface area contributed by atoms with E-state index in [1.807, 2.05) is 36.0 Å². The third-order valence-electron chi connectivity index (χ3n) is 5.73. The van der Waals surface area contributed by atoms with E-state index in [0.29, 0.717) is 39.6 Å². The highest BCUT2D eigenvalue weighted by molar-refractivity contribution is 6.07. The number of carbonyl (C=O) groups is 1. The van der Waals surface area contributed by atoms with Crippen molar-refractivity contribution >= 4 is 29.3 Å². The highest BCUT2D eigenvalue weighted by Crippen LogP contribution is 2.32.